The van der Waals surface area contributed by atoms with Gasteiger partial charge in [0.15, 0.2) is 0 Å². The first-order valence-corrected chi connectivity index (χ1v) is 8.12. The Morgan fingerprint density at radius 3 is 2.29 bits per heavy atom. The zero-order valence-corrected chi connectivity index (χ0v) is 13.2. The number of hydrogen-bond acceptors (Lipinski definition) is 1. The van der Waals surface area contributed by atoms with Gasteiger partial charge < -0.3 is 0 Å². The number of piperidine rings is 1. The maximum absolute atomic E-state index is 2.67. The Morgan fingerprint density at radius 2 is 1.57 bits per heavy atom. The molecular weight excluding hydrogens is 254 g/mol. The normalized spacial score (nSPS) is 17.6. The summed E-state index contributed by atoms with van der Waals surface area (Å²) >= 11 is 0. The highest BCUT2D eigenvalue weighted by Gasteiger charge is 2.24. The van der Waals surface area contributed by atoms with Gasteiger partial charge in [-0.3, -0.25) is 4.90 Å². The van der Waals surface area contributed by atoms with E-state index in [9.17, 15) is 0 Å². The fourth-order valence-corrected chi connectivity index (χ4v) is 3.45. The summed E-state index contributed by atoms with van der Waals surface area (Å²) in [5.74, 6) is 0. The Bertz CT molecular complexity index is 582. The van der Waals surface area contributed by atoms with Crippen molar-refractivity contribution in [1.29, 1.82) is 0 Å². The maximum atomic E-state index is 2.67. The van der Waals surface area contributed by atoms with Crippen molar-refractivity contribution in [1.82, 2.24) is 4.90 Å². The van der Waals surface area contributed by atoms with Crippen molar-refractivity contribution in [2.24, 2.45) is 0 Å². The zero-order valence-electron chi connectivity index (χ0n) is 13.2. The number of nitrogens with zero attached hydrogens (tertiary/aromatic N) is 1. The van der Waals surface area contributed by atoms with Crippen LogP contribution in [0.3, 0.4) is 0 Å². The summed E-state index contributed by atoms with van der Waals surface area (Å²) in [6.07, 6.45) is 4.03. The van der Waals surface area contributed by atoms with Crippen LogP contribution in [0.4, 0.5) is 0 Å². The van der Waals surface area contributed by atoms with Crippen LogP contribution in [0.1, 0.15) is 47.6 Å². The SMILES string of the molecule is Cc1ccc(C)c(C(c2ccccc2)N2CCCCC2)c1. The summed E-state index contributed by atoms with van der Waals surface area (Å²) in [5.41, 5.74) is 5.66. The number of aryl methyl sites for hydroxylation is 2. The average molecular weight is 279 g/mol. The molecule has 0 N–H and O–H groups in total. The van der Waals surface area contributed by atoms with Gasteiger partial charge in [-0.25, -0.2) is 0 Å². The molecule has 0 radical (unpaired) electrons. The Balaban J connectivity index is 2.05. The predicted molar refractivity (Wildman–Crippen MR) is 89.6 cm³/mol. The van der Waals surface area contributed by atoms with Gasteiger partial charge in [-0.05, 0) is 56.5 Å². The molecule has 21 heavy (non-hydrogen) atoms. The van der Waals surface area contributed by atoms with Crippen LogP contribution in [0, 0.1) is 13.8 Å². The van der Waals surface area contributed by atoms with Gasteiger partial charge >= 0.3 is 0 Å². The molecule has 1 aliphatic rings. The van der Waals surface area contributed by atoms with Crippen LogP contribution in [0.5, 0.6) is 0 Å². The number of likely N-dealkylation sites (tertiary alicyclic amines) is 1. The van der Waals surface area contributed by atoms with Crippen molar-refractivity contribution in [3.8, 4) is 0 Å². The molecule has 3 rings (SSSR count). The summed E-state index contributed by atoms with van der Waals surface area (Å²) in [6.45, 7) is 6.87. The third-order valence-corrected chi connectivity index (χ3v) is 4.60. The predicted octanol–water partition coefficient (Wildman–Crippen LogP) is 4.88. The third kappa shape index (κ3) is 3.19. The van der Waals surface area contributed by atoms with Gasteiger partial charge in [0.1, 0.15) is 0 Å². The van der Waals surface area contributed by atoms with Crippen molar-refractivity contribution >= 4 is 0 Å². The molecule has 0 aromatic heterocycles. The van der Waals surface area contributed by atoms with Crippen LogP contribution in [0.15, 0.2) is 48.5 Å². The molecular formula is C20H25N. The molecule has 110 valence electrons. The standard InChI is InChI=1S/C20H25N/c1-16-11-12-17(2)19(15-16)20(18-9-5-3-6-10-18)21-13-7-4-8-14-21/h3,5-6,9-12,15,20H,4,7-8,13-14H2,1-2H3. The molecule has 0 saturated carbocycles. The first kappa shape index (κ1) is 14.3. The molecule has 1 heteroatoms. The van der Waals surface area contributed by atoms with Gasteiger partial charge in [-0.15, -0.1) is 0 Å². The van der Waals surface area contributed by atoms with Crippen molar-refractivity contribution in [3.63, 3.8) is 0 Å². The lowest BCUT2D eigenvalue weighted by molar-refractivity contribution is 0.187. The lowest BCUT2D eigenvalue weighted by Crippen LogP contribution is -2.34. The van der Waals surface area contributed by atoms with E-state index in [2.05, 4.69) is 67.3 Å². The Hall–Kier alpha value is -1.60. The van der Waals surface area contributed by atoms with Crippen molar-refractivity contribution in [3.05, 3.63) is 70.8 Å². The van der Waals surface area contributed by atoms with Crippen molar-refractivity contribution < 1.29 is 0 Å². The third-order valence-electron chi connectivity index (χ3n) is 4.60. The first-order valence-electron chi connectivity index (χ1n) is 8.12. The first-order chi connectivity index (χ1) is 10.3. The molecule has 1 unspecified atom stereocenters. The van der Waals surface area contributed by atoms with E-state index in [1.807, 2.05) is 0 Å². The fraction of sp³-hybridized carbons (Fsp3) is 0.400. The average Bonchev–Trinajstić information content (AvgIpc) is 2.53. The van der Waals surface area contributed by atoms with Gasteiger partial charge in [0.25, 0.3) is 0 Å². The van der Waals surface area contributed by atoms with E-state index < -0.39 is 0 Å². The Morgan fingerprint density at radius 1 is 0.857 bits per heavy atom. The minimum absolute atomic E-state index is 0.409. The van der Waals surface area contributed by atoms with Gasteiger partial charge in [0.05, 0.1) is 6.04 Å². The van der Waals surface area contributed by atoms with Gasteiger partial charge in [-0.1, -0.05) is 60.5 Å². The summed E-state index contributed by atoms with van der Waals surface area (Å²) < 4.78 is 0. The molecule has 2 aromatic carbocycles. The van der Waals surface area contributed by atoms with Gasteiger partial charge in [0, 0.05) is 0 Å². The highest BCUT2D eigenvalue weighted by Crippen LogP contribution is 2.33. The fourth-order valence-electron chi connectivity index (χ4n) is 3.45. The molecule has 1 fully saturated rings. The van der Waals surface area contributed by atoms with Gasteiger partial charge in [-0.2, -0.15) is 0 Å². The highest BCUT2D eigenvalue weighted by atomic mass is 15.2. The second-order valence-corrected chi connectivity index (χ2v) is 6.27. The zero-order chi connectivity index (χ0) is 14.7. The maximum Gasteiger partial charge on any atom is 0.0604 e. The van der Waals surface area contributed by atoms with E-state index in [-0.39, 0.29) is 0 Å². The van der Waals surface area contributed by atoms with E-state index in [0.717, 1.165) is 0 Å². The van der Waals surface area contributed by atoms with E-state index in [1.54, 1.807) is 0 Å². The van der Waals surface area contributed by atoms with E-state index in [4.69, 9.17) is 0 Å². The number of benzene rings is 2. The van der Waals surface area contributed by atoms with Crippen LogP contribution < -0.4 is 0 Å². The van der Waals surface area contributed by atoms with Crippen LogP contribution in [-0.2, 0) is 0 Å². The minimum Gasteiger partial charge on any atom is -0.292 e. The van der Waals surface area contributed by atoms with Gasteiger partial charge in [0.2, 0.25) is 0 Å². The number of rotatable bonds is 3. The van der Waals surface area contributed by atoms with Crippen molar-refractivity contribution in [2.45, 2.75) is 39.2 Å². The van der Waals surface area contributed by atoms with E-state index >= 15 is 0 Å². The molecule has 1 heterocycles. The summed E-state index contributed by atoms with van der Waals surface area (Å²) in [7, 11) is 0. The molecule has 2 aromatic rings. The van der Waals surface area contributed by atoms with Crippen LogP contribution in [0.25, 0.3) is 0 Å². The quantitative estimate of drug-likeness (QED) is 0.774. The second-order valence-electron chi connectivity index (χ2n) is 6.27. The van der Waals surface area contributed by atoms with E-state index in [1.165, 1.54) is 54.6 Å². The summed E-state index contributed by atoms with van der Waals surface area (Å²) in [6, 6.07) is 18.3. The highest BCUT2D eigenvalue weighted by molar-refractivity contribution is 5.39. The Labute approximate surface area is 128 Å². The largest absolute Gasteiger partial charge is 0.292 e. The lowest BCUT2D eigenvalue weighted by Gasteiger charge is -2.36. The number of hydrogen-bond donors (Lipinski definition) is 0. The Kier molecular flexibility index (Phi) is 4.40. The molecule has 1 aliphatic heterocycles. The monoisotopic (exact) mass is 279 g/mol. The molecule has 0 amide bonds. The van der Waals surface area contributed by atoms with Crippen LogP contribution >= 0.6 is 0 Å². The van der Waals surface area contributed by atoms with Crippen LogP contribution in [-0.4, -0.2) is 18.0 Å². The molecule has 0 bridgehead atoms. The smallest absolute Gasteiger partial charge is 0.0604 e. The minimum atomic E-state index is 0.409. The lowest BCUT2D eigenvalue weighted by atomic mass is 9.91. The molecule has 0 spiro atoms. The van der Waals surface area contributed by atoms with Crippen molar-refractivity contribution in [2.75, 3.05) is 13.1 Å². The molecule has 1 saturated heterocycles. The van der Waals surface area contributed by atoms with E-state index in [0.29, 0.717) is 6.04 Å². The summed E-state index contributed by atoms with van der Waals surface area (Å²) in [5, 5.41) is 0. The summed E-state index contributed by atoms with van der Waals surface area (Å²) in [4.78, 5) is 2.67. The molecule has 0 aliphatic carbocycles. The second kappa shape index (κ2) is 6.44. The molecule has 1 atom stereocenters. The topological polar surface area (TPSA) is 3.24 Å². The molecule has 1 nitrogen and oxygen atoms in total. The van der Waals surface area contributed by atoms with Crippen LogP contribution in [0.2, 0.25) is 0 Å².